The second-order valence-electron chi connectivity index (χ2n) is 6.29. The average molecular weight is 435 g/mol. The number of hydrogen-bond acceptors (Lipinski definition) is 3. The molecule has 0 aromatic heterocycles. The molecule has 2 amide bonds. The van der Waals surface area contributed by atoms with E-state index in [-0.39, 0.29) is 21.4 Å². The number of anilines is 2. The predicted octanol–water partition coefficient (Wildman–Crippen LogP) is 4.95. The van der Waals surface area contributed by atoms with Crippen LogP contribution >= 0.6 is 11.6 Å². The predicted molar refractivity (Wildman–Crippen MR) is 105 cm³/mol. The quantitative estimate of drug-likeness (QED) is 0.585. The van der Waals surface area contributed by atoms with Gasteiger partial charge in [0.2, 0.25) is 0 Å². The van der Waals surface area contributed by atoms with Gasteiger partial charge in [-0.25, -0.2) is 22.0 Å². The molecule has 0 saturated heterocycles. The molecule has 0 unspecified atom stereocenters. The molecule has 0 atom stereocenters. The monoisotopic (exact) mass is 434 g/mol. The van der Waals surface area contributed by atoms with E-state index >= 15 is 0 Å². The molecule has 0 radical (unpaired) electrons. The van der Waals surface area contributed by atoms with Crippen LogP contribution in [0.3, 0.4) is 0 Å². The molecule has 3 aromatic rings. The first-order chi connectivity index (χ1) is 13.8. The molecule has 29 heavy (non-hydrogen) atoms. The summed E-state index contributed by atoms with van der Waals surface area (Å²) < 4.78 is 54.6. The minimum atomic E-state index is -4.46. The van der Waals surface area contributed by atoms with Gasteiger partial charge in [-0.3, -0.25) is 4.90 Å². The lowest BCUT2D eigenvalue weighted by Gasteiger charge is -2.36. The Balaban J connectivity index is 1.92. The third kappa shape index (κ3) is 3.24. The fourth-order valence-electron chi connectivity index (χ4n) is 3.14. The van der Waals surface area contributed by atoms with Gasteiger partial charge in [-0.05, 0) is 35.9 Å². The van der Waals surface area contributed by atoms with E-state index in [1.54, 1.807) is 30.3 Å². The van der Waals surface area contributed by atoms with Crippen LogP contribution in [0.4, 0.5) is 25.0 Å². The summed E-state index contributed by atoms with van der Waals surface area (Å²) in [6.07, 6.45) is 0. The maximum atomic E-state index is 14.4. The Morgan fingerprint density at radius 1 is 0.897 bits per heavy atom. The maximum absolute atomic E-state index is 14.4. The van der Waals surface area contributed by atoms with Gasteiger partial charge in [0.25, 0.3) is 10.0 Å². The lowest BCUT2D eigenvalue weighted by molar-refractivity contribution is 0.253. The molecule has 1 aliphatic heterocycles. The molecule has 0 bridgehead atoms. The summed E-state index contributed by atoms with van der Waals surface area (Å²) in [4.78, 5) is 14.2. The van der Waals surface area contributed by atoms with Gasteiger partial charge in [-0.2, -0.15) is 4.31 Å². The number of fused-ring (bicyclic) bond motifs is 1. The Kier molecular flexibility index (Phi) is 4.76. The Morgan fingerprint density at radius 3 is 2.34 bits per heavy atom. The van der Waals surface area contributed by atoms with Gasteiger partial charge in [0.15, 0.2) is 0 Å². The molecule has 9 heteroatoms. The Morgan fingerprint density at radius 2 is 1.59 bits per heavy atom. The van der Waals surface area contributed by atoms with Gasteiger partial charge in [-0.15, -0.1) is 0 Å². The van der Waals surface area contributed by atoms with E-state index in [0.29, 0.717) is 16.7 Å². The highest BCUT2D eigenvalue weighted by Crippen LogP contribution is 2.39. The third-order valence-corrected chi connectivity index (χ3v) is 6.60. The number of nitrogens with zero attached hydrogens (tertiary/aromatic N) is 2. The SMILES string of the molecule is O=C1N(Cc2ccccc2Cl)c2ccccc2S(=O)(=O)N1c1cc(F)ccc1F. The summed E-state index contributed by atoms with van der Waals surface area (Å²) in [5, 5.41) is 0.384. The maximum Gasteiger partial charge on any atom is 0.343 e. The molecule has 0 aliphatic carbocycles. The molecular weight excluding hydrogens is 422 g/mol. The van der Waals surface area contributed by atoms with Crippen molar-refractivity contribution in [1.82, 2.24) is 0 Å². The van der Waals surface area contributed by atoms with Crippen LogP contribution in [0.2, 0.25) is 5.02 Å². The summed E-state index contributed by atoms with van der Waals surface area (Å²) in [6, 6.07) is 13.9. The minimum absolute atomic E-state index is 0.0571. The van der Waals surface area contributed by atoms with Crippen molar-refractivity contribution in [3.63, 3.8) is 0 Å². The van der Waals surface area contributed by atoms with E-state index in [1.807, 2.05) is 0 Å². The van der Waals surface area contributed by atoms with Crippen LogP contribution in [0.15, 0.2) is 71.6 Å². The van der Waals surface area contributed by atoms with Crippen LogP contribution in [-0.4, -0.2) is 14.4 Å². The van der Waals surface area contributed by atoms with Crippen LogP contribution in [-0.2, 0) is 16.6 Å². The lowest BCUT2D eigenvalue weighted by Crippen LogP contribution is -2.51. The highest BCUT2D eigenvalue weighted by atomic mass is 35.5. The van der Waals surface area contributed by atoms with E-state index < -0.39 is 33.4 Å². The second-order valence-corrected chi connectivity index (χ2v) is 8.46. The Labute approximate surface area is 170 Å². The van der Waals surface area contributed by atoms with Crippen molar-refractivity contribution in [2.75, 3.05) is 9.21 Å². The first-order valence-electron chi connectivity index (χ1n) is 8.45. The van der Waals surface area contributed by atoms with Gasteiger partial charge in [0, 0.05) is 11.1 Å². The highest BCUT2D eigenvalue weighted by Gasteiger charge is 2.43. The van der Waals surface area contributed by atoms with E-state index in [0.717, 1.165) is 12.1 Å². The topological polar surface area (TPSA) is 57.7 Å². The van der Waals surface area contributed by atoms with Gasteiger partial charge < -0.3 is 0 Å². The summed E-state index contributed by atoms with van der Waals surface area (Å²) in [5.74, 6) is -1.92. The molecular formula is C20H13ClF2N2O3S. The van der Waals surface area contributed by atoms with E-state index in [1.165, 1.54) is 23.1 Å². The van der Waals surface area contributed by atoms with Gasteiger partial charge in [0.1, 0.15) is 22.2 Å². The van der Waals surface area contributed by atoms with Crippen LogP contribution in [0.25, 0.3) is 0 Å². The van der Waals surface area contributed by atoms with E-state index in [2.05, 4.69) is 0 Å². The Hall–Kier alpha value is -2.97. The van der Waals surface area contributed by atoms with E-state index in [9.17, 15) is 22.0 Å². The summed E-state index contributed by atoms with van der Waals surface area (Å²) in [7, 11) is -4.46. The van der Waals surface area contributed by atoms with Crippen LogP contribution < -0.4 is 9.21 Å². The smallest absolute Gasteiger partial charge is 0.287 e. The normalized spacial score (nSPS) is 15.3. The largest absolute Gasteiger partial charge is 0.343 e. The van der Waals surface area contributed by atoms with Crippen molar-refractivity contribution < 1.29 is 22.0 Å². The average Bonchev–Trinajstić information content (AvgIpc) is 2.69. The van der Waals surface area contributed by atoms with Crippen LogP contribution in [0.5, 0.6) is 0 Å². The number of benzene rings is 3. The first kappa shape index (κ1) is 19.4. The van der Waals surface area contributed by atoms with Crippen LogP contribution in [0, 0.1) is 11.6 Å². The fraction of sp³-hybridized carbons (Fsp3) is 0.0500. The number of rotatable bonds is 3. The zero-order valence-corrected chi connectivity index (χ0v) is 16.3. The summed E-state index contributed by atoms with van der Waals surface area (Å²) in [5.41, 5.74) is 0.00965. The molecule has 1 aliphatic rings. The van der Waals surface area contributed by atoms with Gasteiger partial charge >= 0.3 is 6.03 Å². The van der Waals surface area contributed by atoms with Crippen molar-refractivity contribution in [3.8, 4) is 0 Å². The van der Waals surface area contributed by atoms with Gasteiger partial charge in [0.05, 0.1) is 12.2 Å². The summed E-state index contributed by atoms with van der Waals surface area (Å²) in [6.45, 7) is -0.0571. The summed E-state index contributed by atoms with van der Waals surface area (Å²) >= 11 is 6.19. The van der Waals surface area contributed by atoms with Gasteiger partial charge in [-0.1, -0.05) is 41.9 Å². The molecule has 148 valence electrons. The van der Waals surface area contributed by atoms with Crippen molar-refractivity contribution >= 4 is 39.0 Å². The van der Waals surface area contributed by atoms with Crippen molar-refractivity contribution in [2.24, 2.45) is 0 Å². The second kappa shape index (κ2) is 7.13. The molecule has 0 N–H and O–H groups in total. The van der Waals surface area contributed by atoms with Crippen LogP contribution in [0.1, 0.15) is 5.56 Å². The highest BCUT2D eigenvalue weighted by molar-refractivity contribution is 7.94. The van der Waals surface area contributed by atoms with Crippen molar-refractivity contribution in [2.45, 2.75) is 11.4 Å². The number of amides is 2. The molecule has 0 fully saturated rings. The molecule has 0 saturated carbocycles. The zero-order valence-electron chi connectivity index (χ0n) is 14.7. The Bertz CT molecular complexity index is 1230. The zero-order chi connectivity index (χ0) is 20.8. The van der Waals surface area contributed by atoms with Crippen molar-refractivity contribution in [3.05, 3.63) is 89.0 Å². The number of sulfonamides is 1. The molecule has 1 heterocycles. The number of halogens is 3. The fourth-order valence-corrected chi connectivity index (χ4v) is 4.92. The molecule has 5 nitrogen and oxygen atoms in total. The number of carbonyl (C=O) groups excluding carboxylic acids is 1. The third-order valence-electron chi connectivity index (χ3n) is 4.49. The van der Waals surface area contributed by atoms with E-state index in [4.69, 9.17) is 11.6 Å². The molecule has 4 rings (SSSR count). The van der Waals surface area contributed by atoms with Crippen molar-refractivity contribution in [1.29, 1.82) is 0 Å². The number of carbonyl (C=O) groups is 1. The number of urea groups is 1. The first-order valence-corrected chi connectivity index (χ1v) is 10.3. The molecule has 0 spiro atoms. The number of para-hydroxylation sites is 1. The molecule has 3 aromatic carbocycles. The standard InChI is InChI=1S/C20H13ClF2N2O3S/c21-15-6-2-1-5-13(15)12-24-17-7-3-4-8-19(17)29(27,28)25(20(24)26)18-11-14(22)9-10-16(18)23/h1-11H,12H2. The number of hydrogen-bond donors (Lipinski definition) is 0. The lowest BCUT2D eigenvalue weighted by atomic mass is 10.2. The minimum Gasteiger partial charge on any atom is -0.287 e.